The third-order valence-electron chi connectivity index (χ3n) is 4.47. The number of amides is 1. The van der Waals surface area contributed by atoms with E-state index in [0.29, 0.717) is 5.56 Å². The topological polar surface area (TPSA) is 78.8 Å². The van der Waals surface area contributed by atoms with Gasteiger partial charge in [-0.15, -0.1) is 0 Å². The maximum atomic E-state index is 12.4. The lowest BCUT2D eigenvalue weighted by molar-refractivity contribution is -0.138. The van der Waals surface area contributed by atoms with E-state index in [1.54, 1.807) is 12.1 Å². The minimum Gasteiger partial charge on any atom is -0.480 e. The van der Waals surface area contributed by atoms with Crippen molar-refractivity contribution in [2.45, 2.75) is 32.4 Å². The Hall–Kier alpha value is -2.86. The zero-order chi connectivity index (χ0) is 21.2. The second kappa shape index (κ2) is 8.25. The number of carboxylic acids is 1. The van der Waals surface area contributed by atoms with Gasteiger partial charge in [0.25, 0.3) is 5.91 Å². The summed E-state index contributed by atoms with van der Waals surface area (Å²) in [5.41, 5.74) is 1.29. The van der Waals surface area contributed by atoms with Gasteiger partial charge in [0.2, 0.25) is 0 Å². The number of aliphatic imine (C=N–C) groups is 1. The molecule has 1 atom stereocenters. The van der Waals surface area contributed by atoms with Crippen LogP contribution in [0.2, 0.25) is 0 Å². The van der Waals surface area contributed by atoms with Crippen molar-refractivity contribution < 1.29 is 14.7 Å². The normalized spacial score (nSPS) is 13.1. The van der Waals surface area contributed by atoms with Gasteiger partial charge in [0.05, 0.1) is 5.54 Å². The van der Waals surface area contributed by atoms with Crippen LogP contribution in [0.25, 0.3) is 21.5 Å². The lowest BCUT2D eigenvalue weighted by Gasteiger charge is -2.12. The van der Waals surface area contributed by atoms with Crippen LogP contribution in [0.5, 0.6) is 0 Å². The average Bonchev–Trinajstić information content (AvgIpc) is 2.67. The van der Waals surface area contributed by atoms with Crippen molar-refractivity contribution in [1.29, 1.82) is 0 Å². The van der Waals surface area contributed by atoms with E-state index in [-0.39, 0.29) is 11.3 Å². The van der Waals surface area contributed by atoms with E-state index in [9.17, 15) is 9.59 Å². The fourth-order valence-corrected chi connectivity index (χ4v) is 3.18. The number of hydrogen-bond donors (Lipinski definition) is 3. The molecular formula is C23H24N2O3S. The molecule has 2 N–H and O–H groups in total. The van der Waals surface area contributed by atoms with Crippen LogP contribution >= 0.6 is 12.6 Å². The number of carbonyl (C=O) groups excluding carboxylic acids is 1. The standard InChI is InChI=1S/C23H24N2O3S/c1-23(2,3)24-12-14-4-5-15-9-16-6-7-17(10-19(16)11-18(15)8-14)21(26)25-20(13-29)22(27)28/h4-12,20,29H,13H2,1-3H3,(H,25,26)(H,27,28). The number of thiol groups is 1. The minimum atomic E-state index is -1.11. The van der Waals surface area contributed by atoms with Gasteiger partial charge in [-0.05, 0) is 78.2 Å². The molecule has 0 aliphatic carbocycles. The maximum absolute atomic E-state index is 12.4. The quantitative estimate of drug-likeness (QED) is 0.334. The van der Waals surface area contributed by atoms with E-state index in [1.165, 1.54) is 0 Å². The van der Waals surface area contributed by atoms with Crippen molar-refractivity contribution in [2.24, 2.45) is 4.99 Å². The first-order valence-electron chi connectivity index (χ1n) is 9.33. The van der Waals surface area contributed by atoms with Crippen LogP contribution in [0.3, 0.4) is 0 Å². The van der Waals surface area contributed by atoms with Crippen molar-refractivity contribution in [3.8, 4) is 0 Å². The Morgan fingerprint density at radius 2 is 1.66 bits per heavy atom. The molecule has 3 rings (SSSR count). The molecular weight excluding hydrogens is 384 g/mol. The lowest BCUT2D eigenvalue weighted by atomic mass is 10.00. The summed E-state index contributed by atoms with van der Waals surface area (Å²) in [6.45, 7) is 6.15. The number of nitrogens with zero attached hydrogens (tertiary/aromatic N) is 1. The Bertz CT molecular complexity index is 1120. The van der Waals surface area contributed by atoms with Gasteiger partial charge >= 0.3 is 5.97 Å². The molecule has 3 aromatic carbocycles. The monoisotopic (exact) mass is 408 g/mol. The Morgan fingerprint density at radius 1 is 1.03 bits per heavy atom. The first-order valence-corrected chi connectivity index (χ1v) is 9.97. The molecule has 3 aromatic rings. The molecule has 0 saturated carbocycles. The highest BCUT2D eigenvalue weighted by Gasteiger charge is 2.19. The van der Waals surface area contributed by atoms with Gasteiger partial charge in [0, 0.05) is 17.5 Å². The van der Waals surface area contributed by atoms with Crippen LogP contribution in [0.1, 0.15) is 36.7 Å². The van der Waals surface area contributed by atoms with Gasteiger partial charge < -0.3 is 10.4 Å². The van der Waals surface area contributed by atoms with Gasteiger partial charge in [-0.1, -0.05) is 18.2 Å². The van der Waals surface area contributed by atoms with E-state index in [2.05, 4.69) is 41.1 Å². The first-order chi connectivity index (χ1) is 13.7. The molecule has 0 spiro atoms. The van der Waals surface area contributed by atoms with Gasteiger partial charge in [-0.3, -0.25) is 9.79 Å². The molecule has 0 bridgehead atoms. The number of fused-ring (bicyclic) bond motifs is 2. The minimum absolute atomic E-state index is 0.0260. The second-order valence-electron chi connectivity index (χ2n) is 8.00. The second-order valence-corrected chi connectivity index (χ2v) is 8.36. The Kier molecular flexibility index (Phi) is 5.94. The number of aliphatic carboxylic acids is 1. The molecule has 0 aliphatic heterocycles. The van der Waals surface area contributed by atoms with Crippen LogP contribution in [-0.2, 0) is 4.79 Å². The van der Waals surface area contributed by atoms with E-state index in [1.807, 2.05) is 45.2 Å². The van der Waals surface area contributed by atoms with Crippen molar-refractivity contribution in [3.05, 3.63) is 59.7 Å². The summed E-state index contributed by atoms with van der Waals surface area (Å²) in [5.74, 6) is -1.51. The third kappa shape index (κ3) is 5.15. The molecule has 0 heterocycles. The molecule has 0 aliphatic rings. The summed E-state index contributed by atoms with van der Waals surface area (Å²) >= 11 is 3.98. The summed E-state index contributed by atoms with van der Waals surface area (Å²) in [6.07, 6.45) is 1.87. The number of carbonyl (C=O) groups is 2. The molecule has 0 saturated heterocycles. The summed E-state index contributed by atoms with van der Waals surface area (Å²) in [4.78, 5) is 28.1. The van der Waals surface area contributed by atoms with Crippen molar-refractivity contribution in [2.75, 3.05) is 5.75 Å². The maximum Gasteiger partial charge on any atom is 0.327 e. The van der Waals surface area contributed by atoms with Crippen LogP contribution < -0.4 is 5.32 Å². The van der Waals surface area contributed by atoms with Crippen molar-refractivity contribution in [3.63, 3.8) is 0 Å². The zero-order valence-corrected chi connectivity index (χ0v) is 17.5. The molecule has 150 valence electrons. The van der Waals surface area contributed by atoms with E-state index in [4.69, 9.17) is 5.11 Å². The van der Waals surface area contributed by atoms with Crippen LogP contribution in [-0.4, -0.2) is 40.5 Å². The van der Waals surface area contributed by atoms with Gasteiger partial charge in [-0.2, -0.15) is 12.6 Å². The average molecular weight is 409 g/mol. The van der Waals surface area contributed by atoms with E-state index < -0.39 is 17.9 Å². The highest BCUT2D eigenvalue weighted by atomic mass is 32.1. The predicted molar refractivity (Wildman–Crippen MR) is 122 cm³/mol. The highest BCUT2D eigenvalue weighted by Crippen LogP contribution is 2.25. The van der Waals surface area contributed by atoms with Crippen LogP contribution in [0.4, 0.5) is 0 Å². The number of rotatable bonds is 5. The van der Waals surface area contributed by atoms with Gasteiger partial charge in [0.15, 0.2) is 0 Å². The molecule has 0 fully saturated rings. The number of benzene rings is 3. The van der Waals surface area contributed by atoms with Gasteiger partial charge in [-0.25, -0.2) is 4.79 Å². The van der Waals surface area contributed by atoms with Crippen LogP contribution in [0, 0.1) is 0 Å². The zero-order valence-electron chi connectivity index (χ0n) is 16.6. The largest absolute Gasteiger partial charge is 0.480 e. The molecule has 29 heavy (non-hydrogen) atoms. The Morgan fingerprint density at radius 3 is 2.28 bits per heavy atom. The molecule has 6 heteroatoms. The molecule has 5 nitrogen and oxygen atoms in total. The molecule has 1 amide bonds. The number of hydrogen-bond acceptors (Lipinski definition) is 4. The molecule has 0 radical (unpaired) electrons. The van der Waals surface area contributed by atoms with Crippen molar-refractivity contribution in [1.82, 2.24) is 5.32 Å². The summed E-state index contributed by atoms with van der Waals surface area (Å²) < 4.78 is 0. The Labute approximate surface area is 175 Å². The number of carboxylic acid groups (broad SMARTS) is 1. The van der Waals surface area contributed by atoms with E-state index >= 15 is 0 Å². The molecule has 1 unspecified atom stereocenters. The first kappa shape index (κ1) is 20.9. The number of nitrogens with one attached hydrogen (secondary N) is 1. The fraction of sp³-hybridized carbons (Fsp3) is 0.261. The third-order valence-corrected chi connectivity index (χ3v) is 4.83. The van der Waals surface area contributed by atoms with Crippen LogP contribution in [0.15, 0.2) is 53.5 Å². The summed E-state index contributed by atoms with van der Waals surface area (Å²) in [5, 5.41) is 15.7. The SMILES string of the molecule is CC(C)(C)N=Cc1ccc2cc3ccc(C(=O)NC(CS)C(=O)O)cc3cc2c1. The van der Waals surface area contributed by atoms with Crippen molar-refractivity contribution >= 4 is 52.3 Å². The predicted octanol–water partition coefficient (Wildman–Crippen LogP) is 4.32. The smallest absolute Gasteiger partial charge is 0.327 e. The highest BCUT2D eigenvalue weighted by molar-refractivity contribution is 7.80. The van der Waals surface area contributed by atoms with Gasteiger partial charge in [0.1, 0.15) is 6.04 Å². The lowest BCUT2D eigenvalue weighted by Crippen LogP contribution is -2.42. The fourth-order valence-electron chi connectivity index (χ4n) is 2.93. The Balaban J connectivity index is 1.96. The summed E-state index contributed by atoms with van der Waals surface area (Å²) in [7, 11) is 0. The summed E-state index contributed by atoms with van der Waals surface area (Å²) in [6, 6.07) is 14.6. The van der Waals surface area contributed by atoms with E-state index in [0.717, 1.165) is 27.1 Å². The molecule has 0 aromatic heterocycles.